The van der Waals surface area contributed by atoms with Gasteiger partial charge in [0.2, 0.25) is 0 Å². The van der Waals surface area contributed by atoms with E-state index in [0.717, 1.165) is 26.0 Å². The molecular formula is C14H18INO. The Hall–Kier alpha value is -0.550. The van der Waals surface area contributed by atoms with Gasteiger partial charge in [-0.15, -0.1) is 0 Å². The molecule has 1 aromatic rings. The second kappa shape index (κ2) is 6.40. The van der Waals surface area contributed by atoms with Gasteiger partial charge in [-0.05, 0) is 65.2 Å². The van der Waals surface area contributed by atoms with Crippen molar-refractivity contribution in [2.24, 2.45) is 0 Å². The van der Waals surface area contributed by atoms with Crippen molar-refractivity contribution in [1.82, 2.24) is 5.32 Å². The number of ether oxygens (including phenoxy) is 1. The number of halogens is 1. The summed E-state index contributed by atoms with van der Waals surface area (Å²) in [6.07, 6.45) is 4.19. The molecule has 1 N–H and O–H groups in total. The van der Waals surface area contributed by atoms with Crippen LogP contribution in [-0.4, -0.2) is 13.2 Å². The zero-order chi connectivity index (χ0) is 12.1. The summed E-state index contributed by atoms with van der Waals surface area (Å²) in [5, 5.41) is 3.54. The van der Waals surface area contributed by atoms with Gasteiger partial charge in [-0.25, -0.2) is 0 Å². The number of likely N-dealkylation sites (N-methyl/N-ethyl adjacent to an activating group) is 1. The Balaban J connectivity index is 2.24. The average molecular weight is 343 g/mol. The molecule has 1 aromatic carbocycles. The molecule has 1 atom stereocenters. The van der Waals surface area contributed by atoms with Crippen LogP contribution in [0.4, 0.5) is 0 Å². The Morgan fingerprint density at radius 1 is 1.47 bits per heavy atom. The summed E-state index contributed by atoms with van der Waals surface area (Å²) in [4.78, 5) is 0. The van der Waals surface area contributed by atoms with Gasteiger partial charge in [0.1, 0.15) is 0 Å². The Morgan fingerprint density at radius 3 is 3.00 bits per heavy atom. The molecule has 0 aliphatic carbocycles. The molecule has 0 spiro atoms. The molecular weight excluding hydrogens is 325 g/mol. The smallest absolute Gasteiger partial charge is 0.0876 e. The molecule has 0 saturated carbocycles. The van der Waals surface area contributed by atoms with E-state index in [1.807, 2.05) is 6.26 Å². The summed E-state index contributed by atoms with van der Waals surface area (Å²) in [6.45, 7) is 3.97. The highest BCUT2D eigenvalue weighted by molar-refractivity contribution is 14.1. The maximum Gasteiger partial charge on any atom is 0.0876 e. The number of hydrogen-bond acceptors (Lipinski definition) is 2. The summed E-state index contributed by atoms with van der Waals surface area (Å²) < 4.78 is 6.74. The fraction of sp³-hybridized carbons (Fsp3) is 0.429. The van der Waals surface area contributed by atoms with Crippen LogP contribution >= 0.6 is 22.6 Å². The van der Waals surface area contributed by atoms with Crippen LogP contribution in [0.2, 0.25) is 0 Å². The van der Waals surface area contributed by atoms with Crippen LogP contribution in [0, 0.1) is 3.57 Å². The lowest BCUT2D eigenvalue weighted by Crippen LogP contribution is -2.24. The van der Waals surface area contributed by atoms with E-state index in [0.29, 0.717) is 6.04 Å². The van der Waals surface area contributed by atoms with Crippen molar-refractivity contribution in [3.63, 3.8) is 0 Å². The summed E-state index contributed by atoms with van der Waals surface area (Å²) >= 11 is 2.36. The van der Waals surface area contributed by atoms with Gasteiger partial charge >= 0.3 is 0 Å². The van der Waals surface area contributed by atoms with Crippen LogP contribution in [0.3, 0.4) is 0 Å². The summed E-state index contributed by atoms with van der Waals surface area (Å²) in [7, 11) is 0. The minimum atomic E-state index is 0.301. The fourth-order valence-electron chi connectivity index (χ4n) is 2.15. The first-order valence-electron chi connectivity index (χ1n) is 6.10. The molecule has 1 aliphatic heterocycles. The predicted molar refractivity (Wildman–Crippen MR) is 78.8 cm³/mol. The van der Waals surface area contributed by atoms with Crippen molar-refractivity contribution in [2.45, 2.75) is 25.8 Å². The van der Waals surface area contributed by atoms with Crippen molar-refractivity contribution >= 4 is 22.6 Å². The zero-order valence-corrected chi connectivity index (χ0v) is 12.2. The van der Waals surface area contributed by atoms with E-state index in [1.165, 1.54) is 14.7 Å². The third-order valence-corrected chi connectivity index (χ3v) is 3.59. The Morgan fingerprint density at radius 2 is 2.35 bits per heavy atom. The van der Waals surface area contributed by atoms with Gasteiger partial charge in [0.05, 0.1) is 18.9 Å². The first-order chi connectivity index (χ1) is 8.31. The summed E-state index contributed by atoms with van der Waals surface area (Å²) in [6, 6.07) is 8.97. The maximum absolute atomic E-state index is 5.46. The van der Waals surface area contributed by atoms with Crippen molar-refractivity contribution in [3.8, 4) is 0 Å². The second-order valence-electron chi connectivity index (χ2n) is 4.21. The zero-order valence-electron chi connectivity index (χ0n) is 10.1. The highest BCUT2D eigenvalue weighted by Crippen LogP contribution is 2.28. The molecule has 0 fully saturated rings. The average Bonchev–Trinajstić information content (AvgIpc) is 2.37. The molecule has 92 valence electrons. The highest BCUT2D eigenvalue weighted by Gasteiger charge is 2.18. The van der Waals surface area contributed by atoms with E-state index < -0.39 is 0 Å². The fourth-order valence-corrected chi connectivity index (χ4v) is 2.72. The lowest BCUT2D eigenvalue weighted by Gasteiger charge is -2.24. The lowest BCUT2D eigenvalue weighted by atomic mass is 9.95. The number of nitrogens with one attached hydrogen (secondary N) is 1. The summed E-state index contributed by atoms with van der Waals surface area (Å²) in [5.74, 6) is 0. The predicted octanol–water partition coefficient (Wildman–Crippen LogP) is 3.64. The molecule has 17 heavy (non-hydrogen) atoms. The van der Waals surface area contributed by atoms with Crippen molar-refractivity contribution in [3.05, 3.63) is 45.2 Å². The standard InChI is InChI=1S/C14H18INO/c1-2-16-14(12-6-4-8-17-10-12)11-5-3-7-13(15)9-11/h3,5,7,9-10,14,16H,2,4,6,8H2,1H3. The van der Waals surface area contributed by atoms with Crippen LogP contribution in [-0.2, 0) is 4.74 Å². The number of hydrogen-bond donors (Lipinski definition) is 1. The van der Waals surface area contributed by atoms with Crippen LogP contribution in [0.15, 0.2) is 36.1 Å². The monoisotopic (exact) mass is 343 g/mol. The molecule has 2 rings (SSSR count). The van der Waals surface area contributed by atoms with E-state index in [2.05, 4.69) is 59.1 Å². The van der Waals surface area contributed by atoms with E-state index in [9.17, 15) is 0 Å². The van der Waals surface area contributed by atoms with Crippen LogP contribution in [0.1, 0.15) is 31.4 Å². The number of rotatable bonds is 4. The molecule has 2 nitrogen and oxygen atoms in total. The highest BCUT2D eigenvalue weighted by atomic mass is 127. The van der Waals surface area contributed by atoms with E-state index in [4.69, 9.17) is 4.74 Å². The molecule has 1 heterocycles. The molecule has 0 saturated heterocycles. The van der Waals surface area contributed by atoms with Crippen molar-refractivity contribution in [2.75, 3.05) is 13.2 Å². The topological polar surface area (TPSA) is 21.3 Å². The minimum absolute atomic E-state index is 0.301. The normalized spacial score (nSPS) is 17.2. The van der Waals surface area contributed by atoms with Gasteiger partial charge in [-0.3, -0.25) is 0 Å². The van der Waals surface area contributed by atoms with Gasteiger partial charge in [0.25, 0.3) is 0 Å². The first-order valence-corrected chi connectivity index (χ1v) is 7.18. The van der Waals surface area contributed by atoms with Crippen LogP contribution in [0.5, 0.6) is 0 Å². The molecule has 1 aliphatic rings. The van der Waals surface area contributed by atoms with E-state index in [-0.39, 0.29) is 0 Å². The maximum atomic E-state index is 5.46. The van der Waals surface area contributed by atoms with Gasteiger partial charge in [-0.1, -0.05) is 19.1 Å². The Labute approximate surface area is 117 Å². The Bertz CT molecular complexity index is 403. The van der Waals surface area contributed by atoms with Gasteiger partial charge in [0, 0.05) is 3.57 Å². The van der Waals surface area contributed by atoms with Crippen molar-refractivity contribution < 1.29 is 4.74 Å². The third-order valence-electron chi connectivity index (χ3n) is 2.92. The molecule has 1 unspecified atom stereocenters. The molecule has 0 radical (unpaired) electrons. The third kappa shape index (κ3) is 3.45. The summed E-state index contributed by atoms with van der Waals surface area (Å²) in [5.41, 5.74) is 2.69. The van der Waals surface area contributed by atoms with Gasteiger partial charge < -0.3 is 10.1 Å². The minimum Gasteiger partial charge on any atom is -0.501 e. The second-order valence-corrected chi connectivity index (χ2v) is 5.46. The quantitative estimate of drug-likeness (QED) is 0.843. The molecule has 0 aromatic heterocycles. The Kier molecular flexibility index (Phi) is 4.86. The first kappa shape index (κ1) is 12.9. The van der Waals surface area contributed by atoms with Crippen LogP contribution < -0.4 is 5.32 Å². The lowest BCUT2D eigenvalue weighted by molar-refractivity contribution is 0.219. The molecule has 3 heteroatoms. The van der Waals surface area contributed by atoms with Gasteiger partial charge in [-0.2, -0.15) is 0 Å². The largest absolute Gasteiger partial charge is 0.501 e. The van der Waals surface area contributed by atoms with E-state index >= 15 is 0 Å². The van der Waals surface area contributed by atoms with Crippen LogP contribution in [0.25, 0.3) is 0 Å². The SMILES string of the molecule is CCNC(C1=COCCC1)c1cccc(I)c1. The number of benzene rings is 1. The molecule has 0 bridgehead atoms. The molecule has 0 amide bonds. The van der Waals surface area contributed by atoms with E-state index in [1.54, 1.807) is 0 Å². The van der Waals surface area contributed by atoms with Crippen molar-refractivity contribution in [1.29, 1.82) is 0 Å². The van der Waals surface area contributed by atoms with Gasteiger partial charge in [0.15, 0.2) is 0 Å².